The molecule has 3 fully saturated rings. The minimum atomic E-state index is -0.856. The van der Waals surface area contributed by atoms with Crippen molar-refractivity contribution in [3.05, 3.63) is 59.2 Å². The highest BCUT2D eigenvalue weighted by Gasteiger charge is 2.50. The molecular weight excluding hydrogens is 419 g/mol. The number of rotatable bonds is 8. The van der Waals surface area contributed by atoms with Crippen molar-refractivity contribution < 1.29 is 14.3 Å². The topological polar surface area (TPSA) is 99.7 Å². The highest BCUT2D eigenvalue weighted by molar-refractivity contribution is 5.95. The Kier molecular flexibility index (Phi) is 5.83. The van der Waals surface area contributed by atoms with Crippen LogP contribution in [0.25, 0.3) is 0 Å². The van der Waals surface area contributed by atoms with Gasteiger partial charge in [-0.1, -0.05) is 18.9 Å². The third-order valence-electron chi connectivity index (χ3n) is 7.49. The van der Waals surface area contributed by atoms with Gasteiger partial charge in [-0.05, 0) is 72.9 Å². The summed E-state index contributed by atoms with van der Waals surface area (Å²) in [6.07, 6.45) is 13.4. The minimum Gasteiger partial charge on any atom is -0.388 e. The van der Waals surface area contributed by atoms with Gasteiger partial charge in [0.25, 0.3) is 0 Å². The van der Waals surface area contributed by atoms with E-state index in [1.165, 1.54) is 18.9 Å². The van der Waals surface area contributed by atoms with Crippen molar-refractivity contribution in [1.82, 2.24) is 5.32 Å². The summed E-state index contributed by atoms with van der Waals surface area (Å²) in [5, 5.41) is 16.6. The molecule has 33 heavy (non-hydrogen) atoms. The molecule has 1 aromatic carbocycles. The molecule has 6 nitrogen and oxygen atoms in total. The maximum atomic E-state index is 14.7. The molecule has 0 bridgehead atoms. The molecule has 1 aromatic rings. The number of nitrogens with two attached hydrogens (primary N) is 1. The summed E-state index contributed by atoms with van der Waals surface area (Å²) < 4.78 is 14.7. The largest absolute Gasteiger partial charge is 0.388 e. The highest BCUT2D eigenvalue weighted by Crippen LogP contribution is 2.44. The second kappa shape index (κ2) is 8.65. The van der Waals surface area contributed by atoms with Crippen LogP contribution < -0.4 is 16.4 Å². The molecule has 2 heterocycles. The minimum absolute atomic E-state index is 0.102. The summed E-state index contributed by atoms with van der Waals surface area (Å²) >= 11 is 0. The Bertz CT molecular complexity index is 1070. The molecule has 0 spiro atoms. The van der Waals surface area contributed by atoms with Gasteiger partial charge in [0, 0.05) is 19.2 Å². The Morgan fingerprint density at radius 2 is 2.18 bits per heavy atom. The molecular formula is C26H31FN4O2. The van der Waals surface area contributed by atoms with Crippen molar-refractivity contribution in [2.75, 3.05) is 11.9 Å². The fourth-order valence-electron chi connectivity index (χ4n) is 4.99. The number of aliphatic imine (C=N–C) groups is 1. The van der Waals surface area contributed by atoms with Crippen molar-refractivity contribution >= 4 is 17.8 Å². The van der Waals surface area contributed by atoms with Gasteiger partial charge in [-0.25, -0.2) is 4.39 Å². The number of allylic oxidation sites excluding steroid dienone is 1. The third-order valence-corrected chi connectivity index (χ3v) is 7.49. The third kappa shape index (κ3) is 4.73. The van der Waals surface area contributed by atoms with Gasteiger partial charge in [-0.2, -0.15) is 0 Å². The van der Waals surface area contributed by atoms with Gasteiger partial charge in [0.05, 0.1) is 29.1 Å². The van der Waals surface area contributed by atoms with Gasteiger partial charge in [-0.3, -0.25) is 9.79 Å². The summed E-state index contributed by atoms with van der Waals surface area (Å²) in [5.41, 5.74) is 9.99. The van der Waals surface area contributed by atoms with Crippen LogP contribution in [0.2, 0.25) is 0 Å². The maximum Gasteiger partial charge on any atom is 0.241 e. The number of aliphatic hydroxyl groups is 1. The van der Waals surface area contributed by atoms with Gasteiger partial charge < -0.3 is 21.5 Å². The average molecular weight is 451 g/mol. The van der Waals surface area contributed by atoms with Gasteiger partial charge >= 0.3 is 0 Å². The Morgan fingerprint density at radius 1 is 1.36 bits per heavy atom. The first-order valence-electron chi connectivity index (χ1n) is 11.9. The molecule has 2 aliphatic heterocycles. The summed E-state index contributed by atoms with van der Waals surface area (Å²) in [6.45, 7) is 0.390. The van der Waals surface area contributed by atoms with E-state index in [1.807, 2.05) is 12.2 Å². The van der Waals surface area contributed by atoms with Gasteiger partial charge in [0.2, 0.25) is 5.91 Å². The number of anilines is 1. The number of amides is 1. The lowest BCUT2D eigenvalue weighted by Crippen LogP contribution is -2.39. The average Bonchev–Trinajstić information content (AvgIpc) is 3.70. The first kappa shape index (κ1) is 22.2. The van der Waals surface area contributed by atoms with Gasteiger partial charge in [-0.15, -0.1) is 5.73 Å². The lowest BCUT2D eigenvalue weighted by molar-refractivity contribution is -0.118. The fraction of sp³-hybridized carbons (Fsp3) is 0.500. The number of halogens is 1. The summed E-state index contributed by atoms with van der Waals surface area (Å²) in [5.74, 6) is 0.0854. The molecule has 2 saturated carbocycles. The van der Waals surface area contributed by atoms with Crippen LogP contribution >= 0.6 is 0 Å². The van der Waals surface area contributed by atoms with Crippen LogP contribution in [0, 0.1) is 17.7 Å². The SMILES string of the molecule is NC(CCC1CC1)(C1=CC=NC=C=C1)c1ccc(F)c(NC(=O)[C@H]2C[C@](O)(C3CC3)CN2)c1. The molecule has 174 valence electrons. The van der Waals surface area contributed by atoms with Crippen LogP contribution in [-0.2, 0) is 10.3 Å². The summed E-state index contributed by atoms with van der Waals surface area (Å²) in [6, 6.07) is 4.14. The standard InChI is InChI=1S/C26H31FN4O2/c27-21-8-7-20(26(28,11-9-17-3-4-17)19-2-1-12-29-13-10-19)14-22(21)31-24(32)23-15-25(33,16-30-23)18-5-6-18/h2,7-8,10,12-14,17-18,23,30,33H,3-6,9,11,15-16,28H2,(H,31,32)/t23-,25-,26?/m1/s1. The first-order valence-corrected chi connectivity index (χ1v) is 11.9. The summed E-state index contributed by atoms with van der Waals surface area (Å²) in [4.78, 5) is 17.0. The summed E-state index contributed by atoms with van der Waals surface area (Å²) in [7, 11) is 0. The first-order chi connectivity index (χ1) is 15.9. The molecule has 2 aliphatic carbocycles. The van der Waals surface area contributed by atoms with Crippen LogP contribution in [0.3, 0.4) is 0 Å². The van der Waals surface area contributed by atoms with Crippen LogP contribution in [-0.4, -0.2) is 35.4 Å². The Hall–Kier alpha value is -2.57. The number of carbonyl (C=O) groups is 1. The predicted molar refractivity (Wildman–Crippen MR) is 126 cm³/mol. The number of carbonyl (C=O) groups excluding carboxylic acids is 1. The second-order valence-electron chi connectivity index (χ2n) is 10.0. The van der Waals surface area contributed by atoms with E-state index in [2.05, 4.69) is 21.4 Å². The molecule has 3 atom stereocenters. The van der Waals surface area contributed by atoms with E-state index >= 15 is 0 Å². The van der Waals surface area contributed by atoms with E-state index in [4.69, 9.17) is 5.73 Å². The Labute approximate surface area is 193 Å². The van der Waals surface area contributed by atoms with Crippen molar-refractivity contribution in [1.29, 1.82) is 0 Å². The Balaban J connectivity index is 1.38. The number of benzene rings is 1. The number of hydrogen-bond acceptors (Lipinski definition) is 5. The molecule has 7 heteroatoms. The number of nitrogens with one attached hydrogen (secondary N) is 2. The lowest BCUT2D eigenvalue weighted by Gasteiger charge is -2.32. The van der Waals surface area contributed by atoms with E-state index in [1.54, 1.807) is 24.5 Å². The Morgan fingerprint density at radius 3 is 2.94 bits per heavy atom. The van der Waals surface area contributed by atoms with Crippen molar-refractivity contribution in [3.8, 4) is 0 Å². The number of nitrogens with zero attached hydrogens (tertiary/aromatic N) is 1. The van der Waals surface area contributed by atoms with Crippen molar-refractivity contribution in [2.24, 2.45) is 22.6 Å². The van der Waals surface area contributed by atoms with E-state index in [0.29, 0.717) is 25.3 Å². The molecule has 1 amide bonds. The van der Waals surface area contributed by atoms with Gasteiger partial charge in [0.1, 0.15) is 5.82 Å². The molecule has 1 saturated heterocycles. The predicted octanol–water partition coefficient (Wildman–Crippen LogP) is 3.29. The van der Waals surface area contributed by atoms with E-state index in [0.717, 1.165) is 30.4 Å². The van der Waals surface area contributed by atoms with Crippen molar-refractivity contribution in [2.45, 2.75) is 62.1 Å². The molecule has 5 rings (SSSR count). The van der Waals surface area contributed by atoms with E-state index in [9.17, 15) is 14.3 Å². The monoisotopic (exact) mass is 450 g/mol. The normalized spacial score (nSPS) is 28.3. The molecule has 5 N–H and O–H groups in total. The van der Waals surface area contributed by atoms with Crippen LogP contribution in [0.15, 0.2) is 52.8 Å². The lowest BCUT2D eigenvalue weighted by atomic mass is 9.78. The molecule has 0 aromatic heterocycles. The number of hydrogen-bond donors (Lipinski definition) is 4. The maximum absolute atomic E-state index is 14.7. The highest BCUT2D eigenvalue weighted by atomic mass is 19.1. The quantitative estimate of drug-likeness (QED) is 0.457. The molecule has 0 radical (unpaired) electrons. The zero-order valence-electron chi connectivity index (χ0n) is 18.7. The van der Waals surface area contributed by atoms with Crippen LogP contribution in [0.5, 0.6) is 0 Å². The van der Waals surface area contributed by atoms with Crippen LogP contribution in [0.1, 0.15) is 50.5 Å². The van der Waals surface area contributed by atoms with Crippen LogP contribution in [0.4, 0.5) is 10.1 Å². The molecule has 4 aliphatic rings. The molecule has 1 unspecified atom stereocenters. The van der Waals surface area contributed by atoms with Gasteiger partial charge in [0.15, 0.2) is 0 Å². The number of β-amino-alcohol motifs (C(OH)–C–C–N with tert-alkyl or cyclic N) is 1. The van der Waals surface area contributed by atoms with Crippen molar-refractivity contribution in [3.63, 3.8) is 0 Å². The smallest absolute Gasteiger partial charge is 0.241 e. The second-order valence-corrected chi connectivity index (χ2v) is 10.0. The van der Waals surface area contributed by atoms with E-state index < -0.39 is 23.0 Å². The zero-order valence-corrected chi connectivity index (χ0v) is 18.7. The zero-order chi connectivity index (χ0) is 23.1. The van der Waals surface area contributed by atoms with E-state index in [-0.39, 0.29) is 17.5 Å². The fourth-order valence-corrected chi connectivity index (χ4v) is 4.99.